The molecule has 0 aliphatic carbocycles. The van der Waals surface area contributed by atoms with Crippen molar-refractivity contribution in [2.45, 2.75) is 18.8 Å². The lowest BCUT2D eigenvalue weighted by Crippen LogP contribution is -2.24. The van der Waals surface area contributed by atoms with Crippen molar-refractivity contribution in [3.05, 3.63) is 65.9 Å². The van der Waals surface area contributed by atoms with Crippen molar-refractivity contribution in [3.63, 3.8) is 0 Å². The molecule has 158 valence electrons. The molecule has 1 aliphatic rings. The third kappa shape index (κ3) is 3.50. The maximum absolute atomic E-state index is 12.7. The molecule has 2 aromatic heterocycles. The maximum atomic E-state index is 12.7. The van der Waals surface area contributed by atoms with Crippen LogP contribution in [0.3, 0.4) is 0 Å². The molecular formula is C23H22N4O4. The number of nitrogens with zero attached hydrogens (tertiary/aromatic N) is 3. The minimum absolute atomic E-state index is 0.00329. The third-order valence-electron chi connectivity index (χ3n) is 5.67. The largest absolute Gasteiger partial charge is 0.497 e. The fourth-order valence-electron chi connectivity index (χ4n) is 4.07. The molecule has 0 bridgehead atoms. The average Bonchev–Trinajstić information content (AvgIpc) is 3.53. The van der Waals surface area contributed by atoms with E-state index in [9.17, 15) is 4.79 Å². The number of amides is 1. The van der Waals surface area contributed by atoms with E-state index in [0.717, 1.165) is 16.5 Å². The predicted molar refractivity (Wildman–Crippen MR) is 115 cm³/mol. The summed E-state index contributed by atoms with van der Waals surface area (Å²) in [6.07, 6.45) is 2.82. The summed E-state index contributed by atoms with van der Waals surface area (Å²) in [5.74, 6) is 2.20. The molecule has 1 unspecified atom stereocenters. The van der Waals surface area contributed by atoms with Crippen molar-refractivity contribution in [1.82, 2.24) is 15.1 Å². The van der Waals surface area contributed by atoms with Crippen LogP contribution in [0.4, 0.5) is 5.69 Å². The Morgan fingerprint density at radius 1 is 1.19 bits per heavy atom. The predicted octanol–water partition coefficient (Wildman–Crippen LogP) is 3.68. The summed E-state index contributed by atoms with van der Waals surface area (Å²) in [7, 11) is 3.17. The number of carbonyl (C=O) groups is 1. The summed E-state index contributed by atoms with van der Waals surface area (Å²) < 4.78 is 16.2. The maximum Gasteiger partial charge on any atom is 0.231 e. The molecule has 1 fully saturated rings. The Kier molecular flexibility index (Phi) is 4.82. The second kappa shape index (κ2) is 7.79. The van der Waals surface area contributed by atoms with Crippen LogP contribution in [0.15, 0.2) is 53.2 Å². The highest BCUT2D eigenvalue weighted by Crippen LogP contribution is 2.37. The number of nitrogens with one attached hydrogen (secondary N) is 1. The summed E-state index contributed by atoms with van der Waals surface area (Å²) in [6, 6.07) is 13.5. The third-order valence-corrected chi connectivity index (χ3v) is 5.67. The first-order valence-corrected chi connectivity index (χ1v) is 10.1. The lowest BCUT2D eigenvalue weighted by Gasteiger charge is -2.19. The summed E-state index contributed by atoms with van der Waals surface area (Å²) in [5.41, 5.74) is 2.87. The van der Waals surface area contributed by atoms with Gasteiger partial charge in [0.05, 0.1) is 26.3 Å². The first kappa shape index (κ1) is 19.2. The second-order valence-corrected chi connectivity index (χ2v) is 7.53. The zero-order valence-electron chi connectivity index (χ0n) is 17.3. The Hall–Kier alpha value is -3.81. The van der Waals surface area contributed by atoms with Gasteiger partial charge in [-0.3, -0.25) is 4.79 Å². The summed E-state index contributed by atoms with van der Waals surface area (Å²) >= 11 is 0. The molecule has 0 radical (unpaired) electrons. The molecule has 1 atom stereocenters. The first-order valence-electron chi connectivity index (χ1n) is 10.1. The molecule has 5 rings (SSSR count). The Balaban J connectivity index is 1.34. The van der Waals surface area contributed by atoms with E-state index in [4.69, 9.17) is 14.0 Å². The fraction of sp³-hybridized carbons (Fsp3) is 0.261. The van der Waals surface area contributed by atoms with E-state index in [-0.39, 0.29) is 11.8 Å². The standard InChI is InChI=1S/C23H22N4O4/c1-29-16-7-8-19(20(11-16)30-2)27-13-15(10-22(27)28)23-25-21(31-26-23)9-14-12-24-18-6-4-3-5-17(14)18/h3-8,11-12,15,24H,9-10,13H2,1-2H3. The minimum atomic E-state index is -0.139. The zero-order valence-corrected chi connectivity index (χ0v) is 17.3. The van der Waals surface area contributed by atoms with Gasteiger partial charge in [-0.1, -0.05) is 23.4 Å². The van der Waals surface area contributed by atoms with Crippen LogP contribution < -0.4 is 14.4 Å². The van der Waals surface area contributed by atoms with Crippen LogP contribution in [0.5, 0.6) is 11.5 Å². The number of aromatic amines is 1. The SMILES string of the molecule is COc1ccc(N2CC(c3noc(Cc4c[nH]c5ccccc45)n3)CC2=O)c(OC)c1. The monoisotopic (exact) mass is 418 g/mol. The van der Waals surface area contributed by atoms with Crippen LogP contribution in [-0.2, 0) is 11.2 Å². The van der Waals surface area contributed by atoms with E-state index in [2.05, 4.69) is 21.2 Å². The molecule has 0 spiro atoms. The van der Waals surface area contributed by atoms with E-state index in [1.807, 2.05) is 36.5 Å². The smallest absolute Gasteiger partial charge is 0.231 e. The van der Waals surface area contributed by atoms with Crippen molar-refractivity contribution >= 4 is 22.5 Å². The van der Waals surface area contributed by atoms with Crippen LogP contribution in [0.1, 0.15) is 29.6 Å². The molecule has 1 aliphatic heterocycles. The van der Waals surface area contributed by atoms with Gasteiger partial charge in [-0.15, -0.1) is 0 Å². The van der Waals surface area contributed by atoms with Crippen LogP contribution in [-0.4, -0.2) is 41.8 Å². The fourth-order valence-corrected chi connectivity index (χ4v) is 4.07. The number of H-pyrrole nitrogens is 1. The number of ether oxygens (including phenoxy) is 2. The van der Waals surface area contributed by atoms with Crippen LogP contribution in [0.25, 0.3) is 10.9 Å². The lowest BCUT2D eigenvalue weighted by atomic mass is 10.1. The lowest BCUT2D eigenvalue weighted by molar-refractivity contribution is -0.117. The molecule has 0 saturated carbocycles. The molecule has 8 nitrogen and oxygen atoms in total. The van der Waals surface area contributed by atoms with Crippen molar-refractivity contribution in [1.29, 1.82) is 0 Å². The number of methoxy groups -OCH3 is 2. The van der Waals surface area contributed by atoms with Crippen molar-refractivity contribution in [3.8, 4) is 11.5 Å². The highest BCUT2D eigenvalue weighted by atomic mass is 16.5. The number of carbonyl (C=O) groups excluding carboxylic acids is 1. The number of aromatic nitrogens is 3. The van der Waals surface area contributed by atoms with Crippen molar-refractivity contribution in [2.75, 3.05) is 25.7 Å². The molecule has 1 N–H and O–H groups in total. The number of benzene rings is 2. The number of hydrogen-bond acceptors (Lipinski definition) is 6. The highest BCUT2D eigenvalue weighted by molar-refractivity contribution is 5.97. The van der Waals surface area contributed by atoms with E-state index in [0.29, 0.717) is 48.3 Å². The number of para-hydroxylation sites is 1. The van der Waals surface area contributed by atoms with E-state index < -0.39 is 0 Å². The summed E-state index contributed by atoms with van der Waals surface area (Å²) in [5, 5.41) is 5.30. The molecule has 4 aromatic rings. The normalized spacial score (nSPS) is 16.3. The van der Waals surface area contributed by atoms with Gasteiger partial charge in [0.15, 0.2) is 5.82 Å². The van der Waals surface area contributed by atoms with Crippen LogP contribution >= 0.6 is 0 Å². The van der Waals surface area contributed by atoms with E-state index >= 15 is 0 Å². The van der Waals surface area contributed by atoms with Crippen LogP contribution in [0.2, 0.25) is 0 Å². The topological polar surface area (TPSA) is 93.5 Å². The molecule has 1 saturated heterocycles. The average molecular weight is 418 g/mol. The quantitative estimate of drug-likeness (QED) is 0.513. The summed E-state index contributed by atoms with van der Waals surface area (Å²) in [6.45, 7) is 0.466. The molecule has 3 heterocycles. The van der Waals surface area contributed by atoms with Crippen molar-refractivity contribution < 1.29 is 18.8 Å². The Labute approximate surface area is 178 Å². The number of fused-ring (bicyclic) bond motifs is 1. The number of anilines is 1. The van der Waals surface area contributed by atoms with Gasteiger partial charge in [0.1, 0.15) is 11.5 Å². The molecular weight excluding hydrogens is 396 g/mol. The van der Waals surface area contributed by atoms with Crippen molar-refractivity contribution in [2.24, 2.45) is 0 Å². The van der Waals surface area contributed by atoms with Gasteiger partial charge >= 0.3 is 0 Å². The minimum Gasteiger partial charge on any atom is -0.497 e. The molecule has 31 heavy (non-hydrogen) atoms. The van der Waals surface area contributed by atoms with E-state index in [1.54, 1.807) is 25.2 Å². The van der Waals surface area contributed by atoms with Gasteiger partial charge in [0.2, 0.25) is 11.8 Å². The molecule has 1 amide bonds. The highest BCUT2D eigenvalue weighted by Gasteiger charge is 2.36. The first-order chi connectivity index (χ1) is 15.2. The Morgan fingerprint density at radius 2 is 2.06 bits per heavy atom. The van der Waals surface area contributed by atoms with E-state index in [1.165, 1.54) is 0 Å². The molecule has 8 heteroatoms. The Bertz CT molecular complexity index is 1250. The number of hydrogen-bond donors (Lipinski definition) is 1. The van der Waals surface area contributed by atoms with Gasteiger partial charge in [-0.2, -0.15) is 4.98 Å². The van der Waals surface area contributed by atoms with Gasteiger partial charge in [0.25, 0.3) is 0 Å². The van der Waals surface area contributed by atoms with Gasteiger partial charge in [0, 0.05) is 42.0 Å². The molecule has 2 aromatic carbocycles. The van der Waals surface area contributed by atoms with Crippen LogP contribution in [0, 0.1) is 0 Å². The Morgan fingerprint density at radius 3 is 2.90 bits per heavy atom. The van der Waals surface area contributed by atoms with Gasteiger partial charge < -0.3 is 23.9 Å². The second-order valence-electron chi connectivity index (χ2n) is 7.53. The summed E-state index contributed by atoms with van der Waals surface area (Å²) in [4.78, 5) is 22.3. The van der Waals surface area contributed by atoms with Gasteiger partial charge in [-0.05, 0) is 23.8 Å². The van der Waals surface area contributed by atoms with Gasteiger partial charge in [-0.25, -0.2) is 0 Å². The number of rotatable bonds is 6. The zero-order chi connectivity index (χ0) is 21.4.